The lowest BCUT2D eigenvalue weighted by atomic mass is 10.1. The molecule has 0 unspecified atom stereocenters. The van der Waals surface area contributed by atoms with Crippen molar-refractivity contribution in [2.24, 2.45) is 0 Å². The van der Waals surface area contributed by atoms with Crippen molar-refractivity contribution in [1.29, 1.82) is 0 Å². The molecule has 1 aromatic heterocycles. The lowest BCUT2D eigenvalue weighted by Gasteiger charge is -2.20. The number of hydrogen-bond donors (Lipinski definition) is 0. The van der Waals surface area contributed by atoms with Gasteiger partial charge in [-0.05, 0) is 45.6 Å². The average molecular weight is 261 g/mol. The van der Waals surface area contributed by atoms with Gasteiger partial charge in [-0.1, -0.05) is 19.3 Å². The largest absolute Gasteiger partial charge is 0.466 e. The number of nitrogens with zero attached hydrogens (tertiary/aromatic N) is 1. The summed E-state index contributed by atoms with van der Waals surface area (Å²) in [6.07, 6.45) is 2.05. The SMILES string of the molecule is CC#CC(=O)N(CCCC)Cc1c(C)oc(C)c1C. The van der Waals surface area contributed by atoms with Gasteiger partial charge in [0.05, 0.1) is 6.54 Å². The Labute approximate surface area is 116 Å². The van der Waals surface area contributed by atoms with Crippen LogP contribution in [0, 0.1) is 32.6 Å². The Hall–Kier alpha value is -1.69. The molecule has 104 valence electrons. The van der Waals surface area contributed by atoms with Crippen LogP contribution in [-0.2, 0) is 11.3 Å². The van der Waals surface area contributed by atoms with Crippen molar-refractivity contribution in [3.63, 3.8) is 0 Å². The molecular formula is C16H23NO2. The Morgan fingerprint density at radius 2 is 1.95 bits per heavy atom. The van der Waals surface area contributed by atoms with Crippen molar-refractivity contribution in [1.82, 2.24) is 4.90 Å². The molecule has 19 heavy (non-hydrogen) atoms. The quantitative estimate of drug-likeness (QED) is 0.761. The Kier molecular flexibility index (Phi) is 5.69. The molecule has 0 spiro atoms. The second-order valence-electron chi connectivity index (χ2n) is 4.77. The Morgan fingerprint density at radius 3 is 2.42 bits per heavy atom. The first-order valence-corrected chi connectivity index (χ1v) is 6.78. The zero-order valence-corrected chi connectivity index (χ0v) is 12.6. The van der Waals surface area contributed by atoms with E-state index < -0.39 is 0 Å². The molecule has 0 bridgehead atoms. The second kappa shape index (κ2) is 7.04. The summed E-state index contributed by atoms with van der Waals surface area (Å²) in [5, 5.41) is 0. The van der Waals surface area contributed by atoms with Crippen LogP contribution in [0.4, 0.5) is 0 Å². The van der Waals surface area contributed by atoms with Gasteiger partial charge in [-0.3, -0.25) is 4.79 Å². The number of aryl methyl sites for hydroxylation is 2. The van der Waals surface area contributed by atoms with Crippen LogP contribution in [-0.4, -0.2) is 17.4 Å². The normalized spacial score (nSPS) is 9.95. The summed E-state index contributed by atoms with van der Waals surface area (Å²) < 4.78 is 5.62. The van der Waals surface area contributed by atoms with E-state index in [2.05, 4.69) is 18.8 Å². The highest BCUT2D eigenvalue weighted by atomic mass is 16.3. The molecule has 0 atom stereocenters. The van der Waals surface area contributed by atoms with E-state index in [4.69, 9.17) is 4.42 Å². The molecule has 0 fully saturated rings. The molecule has 3 heteroatoms. The first-order valence-electron chi connectivity index (χ1n) is 6.78. The zero-order chi connectivity index (χ0) is 14.4. The van der Waals surface area contributed by atoms with Crippen LogP contribution in [0.5, 0.6) is 0 Å². The van der Waals surface area contributed by atoms with Crippen molar-refractivity contribution in [2.75, 3.05) is 6.54 Å². The maximum Gasteiger partial charge on any atom is 0.298 e. The molecule has 0 saturated carbocycles. The van der Waals surface area contributed by atoms with Crippen LogP contribution in [0.25, 0.3) is 0 Å². The monoisotopic (exact) mass is 261 g/mol. The minimum atomic E-state index is -0.103. The van der Waals surface area contributed by atoms with Gasteiger partial charge in [0.2, 0.25) is 0 Å². The maximum atomic E-state index is 12.0. The molecule has 3 nitrogen and oxygen atoms in total. The van der Waals surface area contributed by atoms with Crippen molar-refractivity contribution in [3.05, 3.63) is 22.6 Å². The van der Waals surface area contributed by atoms with Crippen LogP contribution in [0.2, 0.25) is 0 Å². The van der Waals surface area contributed by atoms with Gasteiger partial charge in [0, 0.05) is 12.1 Å². The Morgan fingerprint density at radius 1 is 1.26 bits per heavy atom. The van der Waals surface area contributed by atoms with Crippen LogP contribution < -0.4 is 0 Å². The molecule has 0 aromatic carbocycles. The van der Waals surface area contributed by atoms with E-state index in [9.17, 15) is 4.79 Å². The number of furan rings is 1. The average Bonchev–Trinajstić information content (AvgIpc) is 2.60. The molecule has 0 saturated heterocycles. The maximum absolute atomic E-state index is 12.0. The summed E-state index contributed by atoms with van der Waals surface area (Å²) in [5.41, 5.74) is 2.25. The highest BCUT2D eigenvalue weighted by molar-refractivity contribution is 5.93. The lowest BCUT2D eigenvalue weighted by Crippen LogP contribution is -2.30. The topological polar surface area (TPSA) is 33.5 Å². The van der Waals surface area contributed by atoms with E-state index >= 15 is 0 Å². The van der Waals surface area contributed by atoms with Gasteiger partial charge in [-0.25, -0.2) is 0 Å². The van der Waals surface area contributed by atoms with Gasteiger partial charge in [0.25, 0.3) is 5.91 Å². The number of carbonyl (C=O) groups is 1. The highest BCUT2D eigenvalue weighted by Crippen LogP contribution is 2.22. The van der Waals surface area contributed by atoms with Gasteiger partial charge < -0.3 is 9.32 Å². The molecule has 0 radical (unpaired) electrons. The van der Waals surface area contributed by atoms with E-state index in [-0.39, 0.29) is 5.91 Å². The number of unbranched alkanes of at least 4 members (excludes halogenated alkanes) is 1. The van der Waals surface area contributed by atoms with Crippen molar-refractivity contribution < 1.29 is 9.21 Å². The number of rotatable bonds is 5. The fraction of sp³-hybridized carbons (Fsp3) is 0.562. The van der Waals surface area contributed by atoms with Gasteiger partial charge >= 0.3 is 0 Å². The summed E-state index contributed by atoms with van der Waals surface area (Å²) in [6.45, 7) is 11.1. The summed E-state index contributed by atoms with van der Waals surface area (Å²) in [6, 6.07) is 0. The predicted octanol–water partition coefficient (Wildman–Crippen LogP) is 3.36. The molecule has 0 N–H and O–H groups in total. The summed E-state index contributed by atoms with van der Waals surface area (Å²) >= 11 is 0. The lowest BCUT2D eigenvalue weighted by molar-refractivity contribution is -0.125. The Balaban J connectivity index is 2.92. The highest BCUT2D eigenvalue weighted by Gasteiger charge is 2.17. The molecule has 1 aromatic rings. The summed E-state index contributed by atoms with van der Waals surface area (Å²) in [5.74, 6) is 7.03. The standard InChI is InChI=1S/C16H23NO2/c1-6-8-10-17(16(18)9-7-2)11-15-12(3)13(4)19-14(15)5/h6,8,10-11H2,1-5H3. The first kappa shape index (κ1) is 15.4. The molecular weight excluding hydrogens is 238 g/mol. The van der Waals surface area contributed by atoms with E-state index in [1.807, 2.05) is 25.7 Å². The molecule has 0 aliphatic rings. The van der Waals surface area contributed by atoms with Gasteiger partial charge in [-0.2, -0.15) is 0 Å². The number of amides is 1. The summed E-state index contributed by atoms with van der Waals surface area (Å²) in [7, 11) is 0. The zero-order valence-electron chi connectivity index (χ0n) is 12.6. The predicted molar refractivity (Wildman–Crippen MR) is 76.7 cm³/mol. The van der Waals surface area contributed by atoms with Gasteiger partial charge in [-0.15, -0.1) is 0 Å². The molecule has 0 aliphatic heterocycles. The molecule has 1 rings (SSSR count). The van der Waals surface area contributed by atoms with E-state index in [0.29, 0.717) is 6.54 Å². The van der Waals surface area contributed by atoms with Crippen molar-refractivity contribution >= 4 is 5.91 Å². The minimum absolute atomic E-state index is 0.103. The number of hydrogen-bond acceptors (Lipinski definition) is 2. The third-order valence-corrected chi connectivity index (χ3v) is 3.36. The Bertz CT molecular complexity index is 503. The minimum Gasteiger partial charge on any atom is -0.466 e. The van der Waals surface area contributed by atoms with Gasteiger partial charge in [0.1, 0.15) is 11.5 Å². The van der Waals surface area contributed by atoms with Crippen LogP contribution in [0.15, 0.2) is 4.42 Å². The second-order valence-corrected chi connectivity index (χ2v) is 4.77. The van der Waals surface area contributed by atoms with Crippen molar-refractivity contribution in [2.45, 2.75) is 54.0 Å². The van der Waals surface area contributed by atoms with E-state index in [1.165, 1.54) is 0 Å². The number of carbonyl (C=O) groups excluding carboxylic acids is 1. The third-order valence-electron chi connectivity index (χ3n) is 3.36. The molecule has 1 amide bonds. The van der Waals surface area contributed by atoms with Crippen molar-refractivity contribution in [3.8, 4) is 11.8 Å². The molecule has 1 heterocycles. The summed E-state index contributed by atoms with van der Waals surface area (Å²) in [4.78, 5) is 13.8. The van der Waals surface area contributed by atoms with Gasteiger partial charge in [0.15, 0.2) is 0 Å². The fourth-order valence-corrected chi connectivity index (χ4v) is 2.05. The fourth-order valence-electron chi connectivity index (χ4n) is 2.05. The third kappa shape index (κ3) is 3.89. The molecule has 0 aliphatic carbocycles. The smallest absolute Gasteiger partial charge is 0.298 e. The van der Waals surface area contributed by atoms with Crippen LogP contribution in [0.3, 0.4) is 0 Å². The van der Waals surface area contributed by atoms with E-state index in [0.717, 1.165) is 42.0 Å². The van der Waals surface area contributed by atoms with Crippen LogP contribution >= 0.6 is 0 Å². The van der Waals surface area contributed by atoms with E-state index in [1.54, 1.807) is 6.92 Å². The first-order chi connectivity index (χ1) is 9.01. The van der Waals surface area contributed by atoms with Crippen LogP contribution in [0.1, 0.15) is 49.3 Å².